The number of methoxy groups -OCH3 is 1. The molecule has 0 aromatic carbocycles. The second-order valence-electron chi connectivity index (χ2n) is 5.27. The van der Waals surface area contributed by atoms with Gasteiger partial charge in [0.15, 0.2) is 0 Å². The Bertz CT molecular complexity index is 454. The van der Waals surface area contributed by atoms with Crippen LogP contribution in [-0.2, 0) is 0 Å². The summed E-state index contributed by atoms with van der Waals surface area (Å²) >= 11 is 4.73. The maximum Gasteiger partial charge on any atom is 0.261 e. The second kappa shape index (κ2) is 8.22. The highest BCUT2D eigenvalue weighted by atomic mass is 79.9. The van der Waals surface area contributed by atoms with Crippen molar-refractivity contribution in [2.45, 2.75) is 32.7 Å². The van der Waals surface area contributed by atoms with Gasteiger partial charge in [0.1, 0.15) is 9.54 Å². The Morgan fingerprint density at radius 1 is 1.60 bits per heavy atom. The Hall–Kier alpha value is -0.300. The summed E-state index contributed by atoms with van der Waals surface area (Å²) in [5, 5.41) is 3.03. The van der Waals surface area contributed by atoms with E-state index >= 15 is 0 Å². The van der Waals surface area contributed by atoms with Gasteiger partial charge in [-0.2, -0.15) is 0 Å². The Morgan fingerprint density at radius 2 is 2.20 bits per heavy atom. The molecule has 0 aliphatic heterocycles. The molecule has 20 heavy (non-hydrogen) atoms. The van der Waals surface area contributed by atoms with Crippen molar-refractivity contribution in [1.82, 2.24) is 5.32 Å². The van der Waals surface area contributed by atoms with Crippen LogP contribution >= 0.6 is 39.7 Å². The van der Waals surface area contributed by atoms with Crippen LogP contribution in [0.3, 0.4) is 0 Å². The van der Waals surface area contributed by atoms with Crippen LogP contribution in [0.15, 0.2) is 9.85 Å². The van der Waals surface area contributed by atoms with Gasteiger partial charge in [-0.05, 0) is 35.2 Å². The summed E-state index contributed by atoms with van der Waals surface area (Å²) in [5.74, 6) is 1.04. The fourth-order valence-corrected chi connectivity index (χ4v) is 3.57. The number of hydrogen-bond donors (Lipinski definition) is 2. The van der Waals surface area contributed by atoms with Gasteiger partial charge in [-0.1, -0.05) is 13.8 Å². The molecular weight excluding hydrogens is 364 g/mol. The maximum absolute atomic E-state index is 12.2. The van der Waals surface area contributed by atoms with Crippen LogP contribution in [0.5, 0.6) is 5.75 Å². The lowest BCUT2D eigenvalue weighted by Crippen LogP contribution is -2.52. The van der Waals surface area contributed by atoms with Crippen LogP contribution in [0.25, 0.3) is 0 Å². The first-order valence-corrected chi connectivity index (χ1v) is 7.78. The van der Waals surface area contributed by atoms with E-state index in [-0.39, 0.29) is 23.9 Å². The van der Waals surface area contributed by atoms with E-state index in [1.807, 2.05) is 6.92 Å². The van der Waals surface area contributed by atoms with Crippen LogP contribution in [0.1, 0.15) is 36.9 Å². The molecule has 0 fully saturated rings. The van der Waals surface area contributed by atoms with Gasteiger partial charge in [0.2, 0.25) is 0 Å². The van der Waals surface area contributed by atoms with E-state index in [4.69, 9.17) is 10.5 Å². The van der Waals surface area contributed by atoms with Gasteiger partial charge in [0.25, 0.3) is 5.91 Å². The number of rotatable bonds is 6. The zero-order valence-corrected chi connectivity index (χ0v) is 15.4. The minimum absolute atomic E-state index is 0. The monoisotopic (exact) mass is 384 g/mol. The lowest BCUT2D eigenvalue weighted by Gasteiger charge is -2.31. The lowest BCUT2D eigenvalue weighted by atomic mass is 9.90. The number of nitrogens with two attached hydrogens (primary N) is 1. The molecule has 1 aromatic rings. The molecule has 1 heterocycles. The van der Waals surface area contributed by atoms with Gasteiger partial charge in [-0.15, -0.1) is 23.7 Å². The molecule has 1 rings (SSSR count). The number of nitrogens with one attached hydrogen (secondary N) is 1. The number of halogens is 2. The van der Waals surface area contributed by atoms with E-state index in [0.717, 1.165) is 10.2 Å². The number of ether oxygens (including phenoxy) is 1. The van der Waals surface area contributed by atoms with Crippen molar-refractivity contribution in [3.63, 3.8) is 0 Å². The van der Waals surface area contributed by atoms with Gasteiger partial charge in [-0.3, -0.25) is 4.79 Å². The molecule has 1 atom stereocenters. The Kier molecular flexibility index (Phi) is 8.09. The molecule has 0 aliphatic rings. The van der Waals surface area contributed by atoms with E-state index in [1.165, 1.54) is 11.3 Å². The molecule has 1 unspecified atom stereocenters. The molecule has 4 nitrogen and oxygen atoms in total. The van der Waals surface area contributed by atoms with Gasteiger partial charge < -0.3 is 15.8 Å². The molecule has 116 valence electrons. The Labute approximate surface area is 139 Å². The number of thiophene rings is 1. The third-order valence-electron chi connectivity index (χ3n) is 2.82. The van der Waals surface area contributed by atoms with Crippen molar-refractivity contribution in [1.29, 1.82) is 0 Å². The number of hydrogen-bond acceptors (Lipinski definition) is 4. The Balaban J connectivity index is 0.00000361. The SMILES string of the molecule is COc1cc(C(=O)NC(C)(CN)CC(C)C)sc1Br.Cl. The van der Waals surface area contributed by atoms with Gasteiger partial charge in [0, 0.05) is 12.6 Å². The van der Waals surface area contributed by atoms with Gasteiger partial charge >= 0.3 is 0 Å². The second-order valence-corrected chi connectivity index (χ2v) is 7.64. The Morgan fingerprint density at radius 3 is 2.60 bits per heavy atom. The van der Waals surface area contributed by atoms with Crippen molar-refractivity contribution in [3.8, 4) is 5.75 Å². The summed E-state index contributed by atoms with van der Waals surface area (Å²) in [6.07, 6.45) is 0.846. The van der Waals surface area contributed by atoms with Gasteiger partial charge in [-0.25, -0.2) is 0 Å². The number of carbonyl (C=O) groups is 1. The molecular formula is C13H22BrClN2O2S. The topological polar surface area (TPSA) is 64.3 Å². The predicted octanol–water partition coefficient (Wildman–Crippen LogP) is 3.43. The predicted molar refractivity (Wildman–Crippen MR) is 90.2 cm³/mol. The molecule has 0 aliphatic carbocycles. The zero-order chi connectivity index (χ0) is 14.6. The summed E-state index contributed by atoms with van der Waals surface area (Å²) in [6.45, 7) is 6.63. The fraction of sp³-hybridized carbons (Fsp3) is 0.615. The zero-order valence-electron chi connectivity index (χ0n) is 12.2. The van der Waals surface area contributed by atoms with Crippen molar-refractivity contribution in [2.24, 2.45) is 11.7 Å². The van der Waals surface area contributed by atoms with Crippen molar-refractivity contribution < 1.29 is 9.53 Å². The first-order valence-electron chi connectivity index (χ1n) is 6.17. The number of carbonyl (C=O) groups excluding carboxylic acids is 1. The average molecular weight is 386 g/mol. The highest BCUT2D eigenvalue weighted by Crippen LogP contribution is 2.34. The summed E-state index contributed by atoms with van der Waals surface area (Å²) in [7, 11) is 1.58. The summed E-state index contributed by atoms with van der Waals surface area (Å²) in [4.78, 5) is 12.9. The van der Waals surface area contributed by atoms with Crippen LogP contribution in [0, 0.1) is 5.92 Å². The maximum atomic E-state index is 12.2. The molecule has 3 N–H and O–H groups in total. The molecule has 0 radical (unpaired) electrons. The molecule has 0 saturated heterocycles. The highest BCUT2D eigenvalue weighted by molar-refractivity contribution is 9.11. The summed E-state index contributed by atoms with van der Waals surface area (Å²) in [6, 6.07) is 1.73. The minimum Gasteiger partial charge on any atom is -0.495 e. The van der Waals surface area contributed by atoms with Crippen LogP contribution in [0.4, 0.5) is 0 Å². The average Bonchev–Trinajstić information content (AvgIpc) is 2.69. The van der Waals surface area contributed by atoms with Crippen LogP contribution in [0.2, 0.25) is 0 Å². The van der Waals surface area contributed by atoms with E-state index < -0.39 is 0 Å². The van der Waals surface area contributed by atoms with Crippen LogP contribution in [-0.4, -0.2) is 25.1 Å². The molecule has 0 saturated carbocycles. The van der Waals surface area contributed by atoms with E-state index in [0.29, 0.717) is 23.1 Å². The van der Waals surface area contributed by atoms with Crippen LogP contribution < -0.4 is 15.8 Å². The van der Waals surface area contributed by atoms with E-state index in [2.05, 4.69) is 35.1 Å². The first kappa shape index (κ1) is 19.7. The van der Waals surface area contributed by atoms with Gasteiger partial charge in [0.05, 0.1) is 17.5 Å². The summed E-state index contributed by atoms with van der Waals surface area (Å²) in [5.41, 5.74) is 5.42. The molecule has 1 amide bonds. The molecule has 0 bridgehead atoms. The fourth-order valence-electron chi connectivity index (χ4n) is 2.03. The lowest BCUT2D eigenvalue weighted by molar-refractivity contribution is 0.0902. The largest absolute Gasteiger partial charge is 0.495 e. The molecule has 7 heteroatoms. The smallest absolute Gasteiger partial charge is 0.261 e. The standard InChI is InChI=1S/C13H21BrN2O2S.ClH/c1-8(2)6-13(3,7-15)16-12(17)10-5-9(18-4)11(14)19-10;/h5,8H,6-7,15H2,1-4H3,(H,16,17);1H. The molecule has 1 aromatic heterocycles. The minimum atomic E-state index is -0.380. The van der Waals surface area contributed by atoms with E-state index in [9.17, 15) is 4.79 Å². The quantitative estimate of drug-likeness (QED) is 0.788. The molecule has 0 spiro atoms. The summed E-state index contributed by atoms with van der Waals surface area (Å²) < 4.78 is 5.97. The van der Waals surface area contributed by atoms with Crippen molar-refractivity contribution in [3.05, 3.63) is 14.7 Å². The normalized spacial score (nSPS) is 13.6. The van der Waals surface area contributed by atoms with Crippen molar-refractivity contribution >= 4 is 45.6 Å². The van der Waals surface area contributed by atoms with Crippen molar-refractivity contribution in [2.75, 3.05) is 13.7 Å². The van der Waals surface area contributed by atoms with E-state index in [1.54, 1.807) is 13.2 Å². The number of amides is 1. The first-order chi connectivity index (χ1) is 8.81. The third-order valence-corrected chi connectivity index (χ3v) is 4.60. The third kappa shape index (κ3) is 5.24. The highest BCUT2D eigenvalue weighted by Gasteiger charge is 2.27.